The number of amides is 1. The second kappa shape index (κ2) is 6.05. The molecule has 1 aromatic rings. The first-order chi connectivity index (χ1) is 9.79. The third-order valence-electron chi connectivity index (χ3n) is 3.23. The lowest BCUT2D eigenvalue weighted by atomic mass is 9.87. The number of thioether (sulfide) groups is 1. The summed E-state index contributed by atoms with van der Waals surface area (Å²) in [5.41, 5.74) is -0.541. The molecule has 116 valence electrons. The van der Waals surface area contributed by atoms with Gasteiger partial charge in [-0.1, -0.05) is 32.5 Å². The van der Waals surface area contributed by atoms with Crippen LogP contribution in [0.1, 0.15) is 39.7 Å². The Morgan fingerprint density at radius 1 is 1.52 bits per heavy atom. The quantitative estimate of drug-likeness (QED) is 0.769. The van der Waals surface area contributed by atoms with E-state index in [9.17, 15) is 14.7 Å². The summed E-state index contributed by atoms with van der Waals surface area (Å²) < 4.78 is 1.97. The smallest absolute Gasteiger partial charge is 0.326 e. The van der Waals surface area contributed by atoms with Crippen LogP contribution in [-0.4, -0.2) is 43.5 Å². The standard InChI is InChI=1S/C13H20N4O3S/c1-13(2,3)10(11(19)20)15-9(18)6-21-12-16-14-7-17(12)8-4-5-8/h7-8,10H,4-6H2,1-3H3,(H,15,18)(H,19,20). The van der Waals surface area contributed by atoms with Gasteiger partial charge < -0.3 is 15.0 Å². The third-order valence-corrected chi connectivity index (χ3v) is 4.19. The van der Waals surface area contributed by atoms with Crippen LogP contribution in [0.2, 0.25) is 0 Å². The average molecular weight is 312 g/mol. The monoisotopic (exact) mass is 312 g/mol. The molecule has 1 aromatic heterocycles. The van der Waals surface area contributed by atoms with E-state index < -0.39 is 17.4 Å². The molecule has 2 N–H and O–H groups in total. The maximum atomic E-state index is 11.9. The van der Waals surface area contributed by atoms with E-state index >= 15 is 0 Å². The third kappa shape index (κ3) is 4.20. The van der Waals surface area contributed by atoms with Gasteiger partial charge in [0.1, 0.15) is 12.4 Å². The Bertz CT molecular complexity index is 534. The van der Waals surface area contributed by atoms with Crippen molar-refractivity contribution in [3.8, 4) is 0 Å². The average Bonchev–Trinajstić information content (AvgIpc) is 3.11. The molecule has 8 heteroatoms. The fourth-order valence-corrected chi connectivity index (χ4v) is 2.71. The van der Waals surface area contributed by atoms with Crippen molar-refractivity contribution in [1.29, 1.82) is 0 Å². The highest BCUT2D eigenvalue weighted by atomic mass is 32.2. The topological polar surface area (TPSA) is 97.1 Å². The molecule has 1 unspecified atom stereocenters. The molecule has 2 rings (SSSR count). The van der Waals surface area contributed by atoms with E-state index in [-0.39, 0.29) is 11.7 Å². The minimum atomic E-state index is -1.03. The number of carbonyl (C=O) groups excluding carboxylic acids is 1. The number of nitrogens with one attached hydrogen (secondary N) is 1. The highest BCUT2D eigenvalue weighted by molar-refractivity contribution is 7.99. The SMILES string of the molecule is CC(C)(C)C(NC(=O)CSc1nncn1C1CC1)C(=O)O. The van der Waals surface area contributed by atoms with E-state index in [1.807, 2.05) is 4.57 Å². The second-order valence-electron chi connectivity index (χ2n) is 6.25. The Kier molecular flexibility index (Phi) is 4.55. The van der Waals surface area contributed by atoms with Crippen molar-refractivity contribution in [2.75, 3.05) is 5.75 Å². The van der Waals surface area contributed by atoms with Crippen LogP contribution in [-0.2, 0) is 9.59 Å². The van der Waals surface area contributed by atoms with Crippen LogP contribution in [0.3, 0.4) is 0 Å². The molecule has 0 aromatic carbocycles. The second-order valence-corrected chi connectivity index (χ2v) is 7.19. The van der Waals surface area contributed by atoms with E-state index in [0.717, 1.165) is 12.8 Å². The maximum absolute atomic E-state index is 11.9. The van der Waals surface area contributed by atoms with Gasteiger partial charge in [0.15, 0.2) is 5.16 Å². The molecule has 0 spiro atoms. The summed E-state index contributed by atoms with van der Waals surface area (Å²) in [4.78, 5) is 23.2. The zero-order valence-electron chi connectivity index (χ0n) is 12.4. The molecule has 1 fully saturated rings. The highest BCUT2D eigenvalue weighted by Gasteiger charge is 2.32. The molecule has 21 heavy (non-hydrogen) atoms. The van der Waals surface area contributed by atoms with Crippen molar-refractivity contribution >= 4 is 23.6 Å². The van der Waals surface area contributed by atoms with Crippen LogP contribution in [0.15, 0.2) is 11.5 Å². The zero-order valence-corrected chi connectivity index (χ0v) is 13.2. The number of carbonyl (C=O) groups is 2. The number of aromatic nitrogens is 3. The van der Waals surface area contributed by atoms with Gasteiger partial charge in [-0.2, -0.15) is 0 Å². The van der Waals surface area contributed by atoms with E-state index in [1.165, 1.54) is 11.8 Å². The predicted octanol–water partition coefficient (Wildman–Crippen LogP) is 1.32. The lowest BCUT2D eigenvalue weighted by Gasteiger charge is -2.27. The lowest BCUT2D eigenvalue weighted by molar-refractivity contribution is -0.144. The Morgan fingerprint density at radius 3 is 2.71 bits per heavy atom. The first kappa shape index (κ1) is 15.8. The lowest BCUT2D eigenvalue weighted by Crippen LogP contribution is -2.49. The van der Waals surface area contributed by atoms with E-state index in [4.69, 9.17) is 0 Å². The van der Waals surface area contributed by atoms with Gasteiger partial charge >= 0.3 is 5.97 Å². The highest BCUT2D eigenvalue weighted by Crippen LogP contribution is 2.37. The van der Waals surface area contributed by atoms with Gasteiger partial charge in [-0.25, -0.2) is 4.79 Å². The van der Waals surface area contributed by atoms with Gasteiger partial charge in [-0.15, -0.1) is 10.2 Å². The normalized spacial score (nSPS) is 16.5. The number of hydrogen-bond donors (Lipinski definition) is 2. The summed E-state index contributed by atoms with van der Waals surface area (Å²) in [5, 5.41) is 20.3. The molecule has 1 aliphatic carbocycles. The summed E-state index contributed by atoms with van der Waals surface area (Å²) in [7, 11) is 0. The Hall–Kier alpha value is -1.57. The Morgan fingerprint density at radius 2 is 2.19 bits per heavy atom. The van der Waals surface area contributed by atoms with Crippen molar-refractivity contribution < 1.29 is 14.7 Å². The van der Waals surface area contributed by atoms with Gasteiger partial charge in [-0.3, -0.25) is 4.79 Å². The fraction of sp³-hybridized carbons (Fsp3) is 0.692. The Balaban J connectivity index is 1.89. The van der Waals surface area contributed by atoms with Crippen LogP contribution in [0.25, 0.3) is 0 Å². The van der Waals surface area contributed by atoms with E-state index in [2.05, 4.69) is 15.5 Å². The van der Waals surface area contributed by atoms with Gasteiger partial charge in [0.2, 0.25) is 5.91 Å². The van der Waals surface area contributed by atoms with Gasteiger partial charge in [0.05, 0.1) is 5.75 Å². The zero-order chi connectivity index (χ0) is 15.6. The molecular formula is C13H20N4O3S. The molecule has 0 bridgehead atoms. The molecule has 1 amide bonds. The molecule has 7 nitrogen and oxygen atoms in total. The summed E-state index contributed by atoms with van der Waals surface area (Å²) in [6, 6.07) is -0.459. The summed E-state index contributed by atoms with van der Waals surface area (Å²) in [6.07, 6.45) is 3.90. The fourth-order valence-electron chi connectivity index (χ4n) is 1.92. The summed E-state index contributed by atoms with van der Waals surface area (Å²) in [5.74, 6) is -1.21. The maximum Gasteiger partial charge on any atom is 0.326 e. The molecule has 1 atom stereocenters. The van der Waals surface area contributed by atoms with Crippen molar-refractivity contribution in [1.82, 2.24) is 20.1 Å². The number of carboxylic acids is 1. The van der Waals surface area contributed by atoms with Crippen molar-refractivity contribution in [3.63, 3.8) is 0 Å². The van der Waals surface area contributed by atoms with Crippen molar-refractivity contribution in [2.45, 2.75) is 50.9 Å². The summed E-state index contributed by atoms with van der Waals surface area (Å²) >= 11 is 1.28. The van der Waals surface area contributed by atoms with Gasteiger partial charge in [0, 0.05) is 6.04 Å². The van der Waals surface area contributed by atoms with Gasteiger partial charge in [-0.05, 0) is 18.3 Å². The first-order valence-electron chi connectivity index (χ1n) is 6.83. The number of carboxylic acid groups (broad SMARTS) is 1. The van der Waals surface area contributed by atoms with E-state index in [1.54, 1.807) is 27.1 Å². The van der Waals surface area contributed by atoms with E-state index in [0.29, 0.717) is 11.2 Å². The first-order valence-corrected chi connectivity index (χ1v) is 7.82. The largest absolute Gasteiger partial charge is 0.480 e. The van der Waals surface area contributed by atoms with Crippen molar-refractivity contribution in [3.05, 3.63) is 6.33 Å². The van der Waals surface area contributed by atoms with Crippen LogP contribution in [0, 0.1) is 5.41 Å². The number of aliphatic carboxylic acids is 1. The molecule has 0 aliphatic heterocycles. The molecule has 0 saturated heterocycles. The molecule has 1 aliphatic rings. The van der Waals surface area contributed by atoms with Gasteiger partial charge in [0.25, 0.3) is 0 Å². The van der Waals surface area contributed by atoms with Crippen LogP contribution < -0.4 is 5.32 Å². The summed E-state index contributed by atoms with van der Waals surface area (Å²) in [6.45, 7) is 5.34. The molecule has 1 heterocycles. The number of nitrogens with zero attached hydrogens (tertiary/aromatic N) is 3. The number of hydrogen-bond acceptors (Lipinski definition) is 5. The molecule has 1 saturated carbocycles. The minimum Gasteiger partial charge on any atom is -0.480 e. The Labute approximate surface area is 127 Å². The van der Waals surface area contributed by atoms with Crippen LogP contribution >= 0.6 is 11.8 Å². The molecular weight excluding hydrogens is 292 g/mol. The van der Waals surface area contributed by atoms with Crippen molar-refractivity contribution in [2.24, 2.45) is 5.41 Å². The van der Waals surface area contributed by atoms with Crippen LogP contribution in [0.4, 0.5) is 0 Å². The van der Waals surface area contributed by atoms with Crippen LogP contribution in [0.5, 0.6) is 0 Å². The minimum absolute atomic E-state index is 0.130. The molecule has 0 radical (unpaired) electrons. The number of rotatable bonds is 6. The predicted molar refractivity (Wildman–Crippen MR) is 78.0 cm³/mol.